The highest BCUT2D eigenvalue weighted by Crippen LogP contribution is 2.32. The van der Waals surface area contributed by atoms with Gasteiger partial charge >= 0.3 is 0 Å². The Balaban J connectivity index is 1.35. The number of phenolic OH excluding ortho intramolecular Hbond substituents is 1. The first kappa shape index (κ1) is 21.7. The Labute approximate surface area is 195 Å². The van der Waals surface area contributed by atoms with E-state index in [0.717, 1.165) is 28.2 Å². The molecule has 8 nitrogen and oxygen atoms in total. The molecule has 1 aliphatic heterocycles. The van der Waals surface area contributed by atoms with Crippen molar-refractivity contribution in [2.75, 3.05) is 5.73 Å². The highest BCUT2D eigenvalue weighted by molar-refractivity contribution is 6.12. The van der Waals surface area contributed by atoms with Gasteiger partial charge in [-0.25, -0.2) is 9.37 Å². The number of nitrogen functional groups attached to an aromatic ring is 1. The maximum absolute atomic E-state index is 14.0. The maximum Gasteiger partial charge on any atom is 0.165 e. The number of imidazole rings is 1. The zero-order chi connectivity index (χ0) is 23.8. The van der Waals surface area contributed by atoms with Crippen LogP contribution in [0.1, 0.15) is 41.0 Å². The summed E-state index contributed by atoms with van der Waals surface area (Å²) in [4.78, 5) is 18.5. The van der Waals surface area contributed by atoms with Crippen LogP contribution in [0.25, 0.3) is 11.1 Å². The number of aromatic hydroxyl groups is 1. The Morgan fingerprint density at radius 3 is 2.79 bits per heavy atom. The van der Waals surface area contributed by atoms with E-state index in [9.17, 15) is 9.50 Å². The molecule has 0 saturated carbocycles. The highest BCUT2D eigenvalue weighted by atomic mass is 19.1. The van der Waals surface area contributed by atoms with E-state index in [0.29, 0.717) is 48.7 Å². The number of hydrogen-bond acceptors (Lipinski definition) is 7. The molecule has 0 saturated heterocycles. The number of halogens is 1. The van der Waals surface area contributed by atoms with E-state index in [1.165, 1.54) is 12.1 Å². The Kier molecular flexibility index (Phi) is 5.54. The molecule has 0 spiro atoms. The fourth-order valence-corrected chi connectivity index (χ4v) is 4.32. The van der Waals surface area contributed by atoms with Crippen LogP contribution >= 0.6 is 0 Å². The lowest BCUT2D eigenvalue weighted by Crippen LogP contribution is -2.18. The first-order valence-corrected chi connectivity index (χ1v) is 11.0. The van der Waals surface area contributed by atoms with Gasteiger partial charge in [0.05, 0.1) is 17.1 Å². The molecule has 34 heavy (non-hydrogen) atoms. The molecule has 5 rings (SSSR count). The number of anilines is 1. The van der Waals surface area contributed by atoms with Gasteiger partial charge in [-0.05, 0) is 41.3 Å². The molecule has 0 unspecified atom stereocenters. The second-order valence-corrected chi connectivity index (χ2v) is 8.34. The molecule has 4 aromatic rings. The molecular formula is C25H24FN7O. The summed E-state index contributed by atoms with van der Waals surface area (Å²) < 4.78 is 14.0. The number of nitrogens with two attached hydrogens (primary N) is 1. The molecule has 0 fully saturated rings. The molecule has 1 aliphatic rings. The predicted octanol–water partition coefficient (Wildman–Crippen LogP) is 3.79. The molecule has 9 heteroatoms. The third-order valence-corrected chi connectivity index (χ3v) is 6.04. The quantitative estimate of drug-likeness (QED) is 0.258. The van der Waals surface area contributed by atoms with Gasteiger partial charge in [0, 0.05) is 49.5 Å². The number of fused-ring (bicyclic) bond motifs is 1. The lowest BCUT2D eigenvalue weighted by atomic mass is 9.95. The largest absolute Gasteiger partial charge is 0.505 e. The second kappa shape index (κ2) is 8.68. The third-order valence-electron chi connectivity index (χ3n) is 6.04. The molecule has 2 aromatic carbocycles. The van der Waals surface area contributed by atoms with E-state index >= 15 is 0 Å². The predicted molar refractivity (Wildman–Crippen MR) is 127 cm³/mol. The minimum Gasteiger partial charge on any atom is -0.505 e. The van der Waals surface area contributed by atoms with Gasteiger partial charge < -0.3 is 15.8 Å². The molecule has 172 valence electrons. The zero-order valence-electron chi connectivity index (χ0n) is 18.6. The number of phenols is 1. The summed E-state index contributed by atoms with van der Waals surface area (Å²) in [6.45, 7) is 3.97. The summed E-state index contributed by atoms with van der Waals surface area (Å²) >= 11 is 0. The SMILES string of the molecule is CCc1cc(O)c(F)cc1-c1ccc(C(=N)c2nc3c([nH]2)CN(Cc2cnccn2)C3)c(N)c1. The topological polar surface area (TPSA) is 128 Å². The average Bonchev–Trinajstić information content (AvgIpc) is 3.39. The van der Waals surface area contributed by atoms with Crippen LogP contribution in [0.5, 0.6) is 5.75 Å². The Morgan fingerprint density at radius 1 is 1.24 bits per heavy atom. The molecular weight excluding hydrogens is 433 g/mol. The normalized spacial score (nSPS) is 13.2. The summed E-state index contributed by atoms with van der Waals surface area (Å²) in [5.41, 5.74) is 12.5. The van der Waals surface area contributed by atoms with Crippen molar-refractivity contribution in [2.45, 2.75) is 33.0 Å². The van der Waals surface area contributed by atoms with E-state index in [-0.39, 0.29) is 11.5 Å². The van der Waals surface area contributed by atoms with Crippen LogP contribution in [-0.4, -0.2) is 35.7 Å². The van der Waals surface area contributed by atoms with Crippen molar-refractivity contribution in [1.29, 1.82) is 5.41 Å². The third kappa shape index (κ3) is 4.01. The van der Waals surface area contributed by atoms with Crippen LogP contribution < -0.4 is 5.73 Å². The molecule has 2 aromatic heterocycles. The van der Waals surface area contributed by atoms with Crippen molar-refractivity contribution in [3.63, 3.8) is 0 Å². The number of aryl methyl sites for hydroxylation is 1. The second-order valence-electron chi connectivity index (χ2n) is 8.34. The van der Waals surface area contributed by atoms with Crippen LogP contribution in [0.4, 0.5) is 10.1 Å². The van der Waals surface area contributed by atoms with E-state index in [4.69, 9.17) is 11.1 Å². The van der Waals surface area contributed by atoms with Gasteiger partial charge in [0.2, 0.25) is 0 Å². The number of nitrogens with one attached hydrogen (secondary N) is 2. The standard InChI is InChI=1S/C25H24FN7O/c1-2-14-8-23(34)19(26)9-18(14)15-3-4-17(20(27)7-15)24(28)25-31-21-12-33(13-22(21)32-25)11-16-10-29-5-6-30-16/h3-10,28,34H,2,11-13,27H2,1H3,(H,31,32). The van der Waals surface area contributed by atoms with Crippen molar-refractivity contribution >= 4 is 11.4 Å². The lowest BCUT2D eigenvalue weighted by Gasteiger charge is -2.14. The highest BCUT2D eigenvalue weighted by Gasteiger charge is 2.25. The number of aromatic nitrogens is 4. The minimum atomic E-state index is -0.680. The lowest BCUT2D eigenvalue weighted by molar-refractivity contribution is 0.267. The number of nitrogens with zero attached hydrogens (tertiary/aromatic N) is 4. The average molecular weight is 458 g/mol. The van der Waals surface area contributed by atoms with E-state index in [1.807, 2.05) is 13.0 Å². The Hall–Kier alpha value is -4.11. The molecule has 5 N–H and O–H groups in total. The van der Waals surface area contributed by atoms with Crippen molar-refractivity contribution in [3.05, 3.63) is 88.8 Å². The summed E-state index contributed by atoms with van der Waals surface area (Å²) in [5, 5.41) is 18.4. The summed E-state index contributed by atoms with van der Waals surface area (Å²) in [6, 6.07) is 8.05. The number of benzene rings is 2. The molecule has 0 radical (unpaired) electrons. The van der Waals surface area contributed by atoms with Crippen molar-refractivity contribution in [3.8, 4) is 16.9 Å². The number of H-pyrrole nitrogens is 1. The van der Waals surface area contributed by atoms with Gasteiger partial charge in [0.1, 0.15) is 5.71 Å². The van der Waals surface area contributed by atoms with E-state index in [2.05, 4.69) is 24.8 Å². The summed E-state index contributed by atoms with van der Waals surface area (Å²) in [5.74, 6) is -0.581. The Morgan fingerprint density at radius 2 is 2.09 bits per heavy atom. The van der Waals surface area contributed by atoms with Gasteiger partial charge in [-0.2, -0.15) is 0 Å². The van der Waals surface area contributed by atoms with Crippen LogP contribution in [0.2, 0.25) is 0 Å². The van der Waals surface area contributed by atoms with E-state index in [1.54, 1.807) is 30.7 Å². The van der Waals surface area contributed by atoms with Crippen molar-refractivity contribution in [2.24, 2.45) is 0 Å². The fraction of sp³-hybridized carbons (Fsp3) is 0.200. The summed E-state index contributed by atoms with van der Waals surface area (Å²) in [6.07, 6.45) is 5.72. The monoisotopic (exact) mass is 457 g/mol. The smallest absolute Gasteiger partial charge is 0.165 e. The maximum atomic E-state index is 14.0. The fourth-order valence-electron chi connectivity index (χ4n) is 4.32. The molecule has 3 heterocycles. The van der Waals surface area contributed by atoms with Crippen LogP contribution in [0, 0.1) is 11.2 Å². The molecule has 0 aliphatic carbocycles. The van der Waals surface area contributed by atoms with Crippen molar-refractivity contribution in [1.82, 2.24) is 24.8 Å². The minimum absolute atomic E-state index is 0.200. The molecule has 0 bridgehead atoms. The first-order chi connectivity index (χ1) is 16.4. The Bertz CT molecular complexity index is 1360. The molecule has 0 amide bonds. The van der Waals surface area contributed by atoms with Crippen molar-refractivity contribution < 1.29 is 9.50 Å². The van der Waals surface area contributed by atoms with Crippen LogP contribution in [0.3, 0.4) is 0 Å². The van der Waals surface area contributed by atoms with Crippen LogP contribution in [0.15, 0.2) is 48.9 Å². The zero-order valence-corrected chi connectivity index (χ0v) is 18.6. The molecule has 0 atom stereocenters. The van der Waals surface area contributed by atoms with Gasteiger partial charge in [-0.15, -0.1) is 0 Å². The van der Waals surface area contributed by atoms with Gasteiger partial charge in [0.15, 0.2) is 17.4 Å². The van der Waals surface area contributed by atoms with Gasteiger partial charge in [-0.3, -0.25) is 20.3 Å². The van der Waals surface area contributed by atoms with Gasteiger partial charge in [-0.1, -0.05) is 19.1 Å². The van der Waals surface area contributed by atoms with Crippen LogP contribution in [-0.2, 0) is 26.1 Å². The van der Waals surface area contributed by atoms with Gasteiger partial charge in [0.25, 0.3) is 0 Å². The first-order valence-electron chi connectivity index (χ1n) is 11.0. The number of aromatic amines is 1. The summed E-state index contributed by atoms with van der Waals surface area (Å²) in [7, 11) is 0. The van der Waals surface area contributed by atoms with E-state index < -0.39 is 5.82 Å². The number of rotatable bonds is 6. The number of hydrogen-bond donors (Lipinski definition) is 4.